The summed E-state index contributed by atoms with van der Waals surface area (Å²) in [5, 5.41) is 19.3. The molecule has 0 fully saturated rings. The first-order valence-electron chi connectivity index (χ1n) is 11.2. The minimum atomic E-state index is -0.938. The molecule has 184 valence electrons. The van der Waals surface area contributed by atoms with Crippen LogP contribution in [-0.2, 0) is 15.3 Å². The number of carbonyl (C=O) groups is 2. The van der Waals surface area contributed by atoms with Crippen LogP contribution in [-0.4, -0.2) is 32.0 Å². The number of anilines is 1. The van der Waals surface area contributed by atoms with Gasteiger partial charge in [0, 0.05) is 18.1 Å². The standard InChI is InChI=1S/C27H19FN4O3S2/c28-20-11-5-4-9-19(20)16-36-27-31-30-26(37-27)32-23(18-10-6-14-29-15-18)22(24(34)25(32)35)21(33)13-12-17-7-2-1-3-8-17/h1-15,23,34H,16H2. The van der Waals surface area contributed by atoms with E-state index in [1.54, 1.807) is 42.6 Å². The molecule has 1 aliphatic rings. The van der Waals surface area contributed by atoms with Gasteiger partial charge in [-0.1, -0.05) is 83.8 Å². The van der Waals surface area contributed by atoms with Crippen molar-refractivity contribution in [2.24, 2.45) is 0 Å². The number of hydrogen-bond acceptors (Lipinski definition) is 8. The maximum atomic E-state index is 14.0. The van der Waals surface area contributed by atoms with Gasteiger partial charge in [0.25, 0.3) is 5.91 Å². The van der Waals surface area contributed by atoms with Crippen molar-refractivity contribution in [3.63, 3.8) is 0 Å². The Hall–Kier alpha value is -4.15. The molecule has 37 heavy (non-hydrogen) atoms. The molecule has 0 aliphatic carbocycles. The third-order valence-electron chi connectivity index (χ3n) is 5.61. The van der Waals surface area contributed by atoms with Crippen molar-refractivity contribution in [1.29, 1.82) is 0 Å². The van der Waals surface area contributed by atoms with Crippen molar-refractivity contribution >= 4 is 46.0 Å². The number of allylic oxidation sites excluding steroid dienone is 1. The molecule has 0 saturated carbocycles. The van der Waals surface area contributed by atoms with E-state index in [2.05, 4.69) is 15.2 Å². The van der Waals surface area contributed by atoms with Crippen LogP contribution in [0, 0.1) is 5.82 Å². The first kappa shape index (κ1) is 24.5. The van der Waals surface area contributed by atoms with Crippen LogP contribution in [0.4, 0.5) is 9.52 Å². The number of aromatic nitrogens is 3. The van der Waals surface area contributed by atoms with E-state index in [0.717, 1.165) is 16.9 Å². The number of pyridine rings is 1. The molecule has 1 amide bonds. The number of benzene rings is 2. The van der Waals surface area contributed by atoms with Gasteiger partial charge < -0.3 is 5.11 Å². The number of amides is 1. The average Bonchev–Trinajstić information content (AvgIpc) is 3.50. The summed E-state index contributed by atoms with van der Waals surface area (Å²) in [7, 11) is 0. The largest absolute Gasteiger partial charge is 0.503 e. The summed E-state index contributed by atoms with van der Waals surface area (Å²) in [5.74, 6) is -1.89. The van der Waals surface area contributed by atoms with Crippen LogP contribution in [0.25, 0.3) is 6.08 Å². The smallest absolute Gasteiger partial charge is 0.296 e. The highest BCUT2D eigenvalue weighted by molar-refractivity contribution is 8.00. The number of rotatable bonds is 8. The molecule has 1 atom stereocenters. The van der Waals surface area contributed by atoms with Gasteiger partial charge in [-0.15, -0.1) is 10.2 Å². The Morgan fingerprint density at radius 3 is 2.62 bits per heavy atom. The van der Waals surface area contributed by atoms with E-state index in [4.69, 9.17) is 0 Å². The van der Waals surface area contributed by atoms with Gasteiger partial charge in [0.1, 0.15) is 5.82 Å². The van der Waals surface area contributed by atoms with E-state index in [1.807, 2.05) is 30.3 Å². The molecular weight excluding hydrogens is 511 g/mol. The monoisotopic (exact) mass is 530 g/mol. The van der Waals surface area contributed by atoms with E-state index >= 15 is 0 Å². The van der Waals surface area contributed by atoms with Gasteiger partial charge in [-0.25, -0.2) is 4.39 Å². The summed E-state index contributed by atoms with van der Waals surface area (Å²) in [6, 6.07) is 18.2. The second-order valence-electron chi connectivity index (χ2n) is 7.97. The van der Waals surface area contributed by atoms with E-state index in [9.17, 15) is 19.1 Å². The molecule has 7 nitrogen and oxygen atoms in total. The molecule has 2 aromatic carbocycles. The molecule has 1 N–H and O–H groups in total. The Morgan fingerprint density at radius 2 is 1.86 bits per heavy atom. The van der Waals surface area contributed by atoms with E-state index in [-0.39, 0.29) is 16.5 Å². The lowest BCUT2D eigenvalue weighted by Gasteiger charge is -2.23. The Morgan fingerprint density at radius 1 is 1.08 bits per heavy atom. The maximum absolute atomic E-state index is 14.0. The molecule has 3 heterocycles. The van der Waals surface area contributed by atoms with Crippen LogP contribution < -0.4 is 4.90 Å². The minimum absolute atomic E-state index is 0.0686. The highest BCUT2D eigenvalue weighted by atomic mass is 32.2. The molecule has 0 saturated heterocycles. The van der Waals surface area contributed by atoms with Crippen LogP contribution in [0.5, 0.6) is 0 Å². The van der Waals surface area contributed by atoms with E-state index in [0.29, 0.717) is 21.2 Å². The van der Waals surface area contributed by atoms with Crippen LogP contribution in [0.15, 0.2) is 101 Å². The number of aliphatic hydroxyl groups excluding tert-OH is 1. The molecular formula is C27H19FN4O3S2. The molecule has 2 aromatic heterocycles. The predicted octanol–water partition coefficient (Wildman–Crippen LogP) is 5.55. The second kappa shape index (κ2) is 10.9. The van der Waals surface area contributed by atoms with Crippen LogP contribution in [0.3, 0.4) is 0 Å². The molecule has 5 rings (SSSR count). The van der Waals surface area contributed by atoms with E-state index < -0.39 is 23.5 Å². The molecule has 1 aliphatic heterocycles. The fourth-order valence-corrected chi connectivity index (χ4v) is 5.70. The summed E-state index contributed by atoms with van der Waals surface area (Å²) in [4.78, 5) is 31.8. The van der Waals surface area contributed by atoms with Gasteiger partial charge in [0.2, 0.25) is 5.13 Å². The lowest BCUT2D eigenvalue weighted by molar-refractivity contribution is -0.117. The SMILES string of the molecule is O=C(C=Cc1ccccc1)C1=C(O)C(=O)N(c2nnc(SCc3ccccc3F)s2)C1c1cccnc1. The van der Waals surface area contributed by atoms with Crippen molar-refractivity contribution in [2.75, 3.05) is 4.90 Å². The second-order valence-corrected chi connectivity index (χ2v) is 10.1. The Kier molecular flexibility index (Phi) is 7.20. The molecule has 1 unspecified atom stereocenters. The Labute approximate surface area is 220 Å². The lowest BCUT2D eigenvalue weighted by Crippen LogP contribution is -2.30. The van der Waals surface area contributed by atoms with Crippen molar-refractivity contribution in [1.82, 2.24) is 15.2 Å². The predicted molar refractivity (Wildman–Crippen MR) is 140 cm³/mol. The number of carbonyl (C=O) groups excluding carboxylic acids is 2. The first-order chi connectivity index (χ1) is 18.0. The molecule has 0 spiro atoms. The van der Waals surface area contributed by atoms with Crippen LogP contribution in [0.1, 0.15) is 22.7 Å². The quantitative estimate of drug-likeness (QED) is 0.181. The van der Waals surface area contributed by atoms with Crippen molar-refractivity contribution in [2.45, 2.75) is 16.1 Å². The number of hydrogen-bond donors (Lipinski definition) is 1. The van der Waals surface area contributed by atoms with Gasteiger partial charge in [0.15, 0.2) is 15.9 Å². The van der Waals surface area contributed by atoms with Gasteiger partial charge in [0.05, 0.1) is 11.6 Å². The third kappa shape index (κ3) is 5.20. The third-order valence-corrected chi connectivity index (χ3v) is 7.72. The number of aliphatic hydroxyl groups is 1. The zero-order chi connectivity index (χ0) is 25.8. The Balaban J connectivity index is 1.45. The number of nitrogens with zero attached hydrogens (tertiary/aromatic N) is 4. The van der Waals surface area contributed by atoms with Gasteiger partial charge >= 0.3 is 0 Å². The minimum Gasteiger partial charge on any atom is -0.503 e. The van der Waals surface area contributed by atoms with Crippen molar-refractivity contribution in [3.8, 4) is 0 Å². The zero-order valence-electron chi connectivity index (χ0n) is 19.2. The van der Waals surface area contributed by atoms with Crippen LogP contribution >= 0.6 is 23.1 Å². The first-order valence-corrected chi connectivity index (χ1v) is 13.0. The van der Waals surface area contributed by atoms with Gasteiger partial charge in [-0.05, 0) is 34.9 Å². The average molecular weight is 531 g/mol. The number of ketones is 1. The van der Waals surface area contributed by atoms with E-state index in [1.165, 1.54) is 35.0 Å². The summed E-state index contributed by atoms with van der Waals surface area (Å²) < 4.78 is 14.5. The topological polar surface area (TPSA) is 96.3 Å². The van der Waals surface area contributed by atoms with Gasteiger partial charge in [-0.2, -0.15) is 0 Å². The molecule has 0 radical (unpaired) electrons. The fourth-order valence-electron chi connectivity index (χ4n) is 3.85. The summed E-state index contributed by atoms with van der Waals surface area (Å²) in [6.07, 6.45) is 6.06. The number of halogens is 1. The normalized spacial score (nSPS) is 15.6. The zero-order valence-corrected chi connectivity index (χ0v) is 20.8. The van der Waals surface area contributed by atoms with Gasteiger partial charge in [-0.3, -0.25) is 19.5 Å². The summed E-state index contributed by atoms with van der Waals surface area (Å²) in [6.45, 7) is 0. The molecule has 4 aromatic rings. The van der Waals surface area contributed by atoms with Crippen molar-refractivity contribution < 1.29 is 19.1 Å². The highest BCUT2D eigenvalue weighted by Crippen LogP contribution is 2.43. The lowest BCUT2D eigenvalue weighted by atomic mass is 9.97. The summed E-state index contributed by atoms with van der Waals surface area (Å²) in [5.41, 5.74) is 1.79. The molecule has 10 heteroatoms. The van der Waals surface area contributed by atoms with Crippen molar-refractivity contribution in [3.05, 3.63) is 119 Å². The fraction of sp³-hybridized carbons (Fsp3) is 0.0741. The van der Waals surface area contributed by atoms with Crippen LogP contribution in [0.2, 0.25) is 0 Å². The number of thioether (sulfide) groups is 1. The maximum Gasteiger partial charge on any atom is 0.296 e. The summed E-state index contributed by atoms with van der Waals surface area (Å²) >= 11 is 2.40. The Bertz CT molecular complexity index is 1510. The highest BCUT2D eigenvalue weighted by Gasteiger charge is 2.45. The molecule has 0 bridgehead atoms.